The Bertz CT molecular complexity index is 325. The van der Waals surface area contributed by atoms with Crippen LogP contribution in [0.25, 0.3) is 0 Å². The van der Waals surface area contributed by atoms with Crippen molar-refractivity contribution in [3.8, 4) is 5.75 Å². The molecule has 1 aliphatic rings. The molecule has 1 saturated carbocycles. The van der Waals surface area contributed by atoms with Crippen LogP contribution >= 0.6 is 0 Å². The predicted octanol–water partition coefficient (Wildman–Crippen LogP) is 1.98. The first kappa shape index (κ1) is 11.5. The lowest BCUT2D eigenvalue weighted by atomic mass is 9.95. The monoisotopic (exact) mass is 224 g/mol. The lowest BCUT2D eigenvalue weighted by Gasteiger charge is -2.27. The Morgan fingerprint density at radius 1 is 1.50 bits per heavy atom. The number of ether oxygens (including phenoxy) is 1. The van der Waals surface area contributed by atoms with Gasteiger partial charge in [0.15, 0.2) is 5.75 Å². The van der Waals surface area contributed by atoms with Gasteiger partial charge in [-0.2, -0.15) is 5.10 Å². The van der Waals surface area contributed by atoms with E-state index in [1.807, 2.05) is 10.9 Å². The van der Waals surface area contributed by atoms with E-state index < -0.39 is 0 Å². The van der Waals surface area contributed by atoms with E-state index in [0.29, 0.717) is 0 Å². The fraction of sp³-hybridized carbons (Fsp3) is 0.750. The van der Waals surface area contributed by atoms with Crippen molar-refractivity contribution < 1.29 is 9.84 Å². The van der Waals surface area contributed by atoms with Gasteiger partial charge in [-0.15, -0.1) is 0 Å². The van der Waals surface area contributed by atoms with Gasteiger partial charge in [0.05, 0.1) is 18.5 Å². The highest BCUT2D eigenvalue weighted by atomic mass is 16.5. The van der Waals surface area contributed by atoms with E-state index in [1.54, 1.807) is 6.20 Å². The SMILES string of the molecule is CCCn1cc(O[C@H]2CCCC[C@@H]2O)cn1. The maximum atomic E-state index is 9.79. The molecular formula is C12H20N2O2. The molecule has 0 saturated heterocycles. The molecule has 0 spiro atoms. The maximum Gasteiger partial charge on any atom is 0.157 e. The minimum atomic E-state index is -0.316. The molecule has 0 bridgehead atoms. The molecule has 4 heteroatoms. The van der Waals surface area contributed by atoms with Crippen molar-refractivity contribution in [2.24, 2.45) is 0 Å². The van der Waals surface area contributed by atoms with Crippen LogP contribution in [0.3, 0.4) is 0 Å². The van der Waals surface area contributed by atoms with E-state index in [4.69, 9.17) is 4.74 Å². The van der Waals surface area contributed by atoms with Gasteiger partial charge in [-0.3, -0.25) is 4.68 Å². The zero-order chi connectivity index (χ0) is 11.4. The van der Waals surface area contributed by atoms with Crippen LogP contribution in [0.15, 0.2) is 12.4 Å². The molecular weight excluding hydrogens is 204 g/mol. The van der Waals surface area contributed by atoms with Gasteiger partial charge in [-0.1, -0.05) is 13.3 Å². The van der Waals surface area contributed by atoms with Gasteiger partial charge in [0.1, 0.15) is 6.10 Å². The van der Waals surface area contributed by atoms with Crippen LogP contribution in [0.2, 0.25) is 0 Å². The first-order valence-corrected chi connectivity index (χ1v) is 6.16. The van der Waals surface area contributed by atoms with Crippen LogP contribution < -0.4 is 4.74 Å². The summed E-state index contributed by atoms with van der Waals surface area (Å²) in [5, 5.41) is 14.0. The smallest absolute Gasteiger partial charge is 0.157 e. The van der Waals surface area contributed by atoms with E-state index in [-0.39, 0.29) is 12.2 Å². The van der Waals surface area contributed by atoms with Crippen molar-refractivity contribution in [2.45, 2.75) is 57.8 Å². The predicted molar refractivity (Wildman–Crippen MR) is 61.4 cm³/mol. The van der Waals surface area contributed by atoms with Crippen LogP contribution in [-0.4, -0.2) is 27.1 Å². The summed E-state index contributed by atoms with van der Waals surface area (Å²) in [5.41, 5.74) is 0. The Labute approximate surface area is 96.2 Å². The van der Waals surface area contributed by atoms with E-state index in [9.17, 15) is 5.11 Å². The Balaban J connectivity index is 1.91. The molecule has 1 aromatic heterocycles. The molecule has 1 aliphatic carbocycles. The van der Waals surface area contributed by atoms with E-state index >= 15 is 0 Å². The normalized spacial score (nSPS) is 25.6. The highest BCUT2D eigenvalue weighted by Gasteiger charge is 2.24. The number of aryl methyl sites for hydroxylation is 1. The zero-order valence-electron chi connectivity index (χ0n) is 9.80. The molecule has 1 aromatic rings. The minimum absolute atomic E-state index is 0.0481. The first-order valence-electron chi connectivity index (χ1n) is 6.16. The third-order valence-electron chi connectivity index (χ3n) is 3.02. The van der Waals surface area contributed by atoms with Crippen LogP contribution in [0, 0.1) is 0 Å². The Kier molecular flexibility index (Phi) is 3.83. The van der Waals surface area contributed by atoms with Crippen molar-refractivity contribution in [3.05, 3.63) is 12.4 Å². The van der Waals surface area contributed by atoms with Crippen LogP contribution in [-0.2, 0) is 6.54 Å². The van der Waals surface area contributed by atoms with Gasteiger partial charge >= 0.3 is 0 Å². The molecule has 0 amide bonds. The second-order valence-electron chi connectivity index (χ2n) is 4.45. The molecule has 2 rings (SSSR count). The fourth-order valence-corrected chi connectivity index (χ4v) is 2.15. The molecule has 1 heterocycles. The van der Waals surface area contributed by atoms with Crippen LogP contribution in [0.1, 0.15) is 39.0 Å². The summed E-state index contributed by atoms with van der Waals surface area (Å²) in [6.07, 6.45) is 8.39. The molecule has 2 atom stereocenters. The Hall–Kier alpha value is -1.03. The molecule has 0 unspecified atom stereocenters. The standard InChI is InChI=1S/C12H20N2O2/c1-2-7-14-9-10(8-13-14)16-12-6-4-3-5-11(12)15/h8-9,11-12,15H,2-7H2,1H3/t11-,12-/m0/s1. The van der Waals surface area contributed by atoms with E-state index in [2.05, 4.69) is 12.0 Å². The average molecular weight is 224 g/mol. The number of aromatic nitrogens is 2. The quantitative estimate of drug-likeness (QED) is 0.850. The molecule has 1 N–H and O–H groups in total. The van der Waals surface area contributed by atoms with Crippen LogP contribution in [0.5, 0.6) is 5.75 Å². The highest BCUT2D eigenvalue weighted by molar-refractivity contribution is 5.12. The number of hydrogen-bond acceptors (Lipinski definition) is 3. The summed E-state index contributed by atoms with van der Waals surface area (Å²) in [5.74, 6) is 0.777. The van der Waals surface area contributed by atoms with Gasteiger partial charge < -0.3 is 9.84 Å². The zero-order valence-corrected chi connectivity index (χ0v) is 9.80. The van der Waals surface area contributed by atoms with Crippen molar-refractivity contribution in [3.63, 3.8) is 0 Å². The summed E-state index contributed by atoms with van der Waals surface area (Å²) in [7, 11) is 0. The summed E-state index contributed by atoms with van der Waals surface area (Å²) in [6.45, 7) is 3.03. The summed E-state index contributed by atoms with van der Waals surface area (Å²) in [6, 6.07) is 0. The average Bonchev–Trinajstić information content (AvgIpc) is 2.70. The van der Waals surface area contributed by atoms with E-state index in [0.717, 1.165) is 44.4 Å². The topological polar surface area (TPSA) is 47.3 Å². The molecule has 0 aliphatic heterocycles. The summed E-state index contributed by atoms with van der Waals surface area (Å²) in [4.78, 5) is 0. The van der Waals surface area contributed by atoms with Crippen molar-refractivity contribution in [1.82, 2.24) is 9.78 Å². The van der Waals surface area contributed by atoms with E-state index in [1.165, 1.54) is 0 Å². The molecule has 1 fully saturated rings. The van der Waals surface area contributed by atoms with Gasteiger partial charge in [-0.25, -0.2) is 0 Å². The molecule has 0 aromatic carbocycles. The number of rotatable bonds is 4. The highest BCUT2D eigenvalue weighted by Crippen LogP contribution is 2.23. The molecule has 16 heavy (non-hydrogen) atoms. The minimum Gasteiger partial charge on any atom is -0.484 e. The largest absolute Gasteiger partial charge is 0.484 e. The molecule has 90 valence electrons. The van der Waals surface area contributed by atoms with Gasteiger partial charge in [-0.05, 0) is 25.7 Å². The summed E-state index contributed by atoms with van der Waals surface area (Å²) >= 11 is 0. The second-order valence-corrected chi connectivity index (χ2v) is 4.45. The van der Waals surface area contributed by atoms with Crippen molar-refractivity contribution in [1.29, 1.82) is 0 Å². The van der Waals surface area contributed by atoms with Crippen LogP contribution in [0.4, 0.5) is 0 Å². The van der Waals surface area contributed by atoms with Gasteiger partial charge in [0.25, 0.3) is 0 Å². The number of aliphatic hydroxyl groups is 1. The number of hydrogen-bond donors (Lipinski definition) is 1. The lowest BCUT2D eigenvalue weighted by molar-refractivity contribution is 0.00682. The third-order valence-corrected chi connectivity index (χ3v) is 3.02. The number of aliphatic hydroxyl groups excluding tert-OH is 1. The van der Waals surface area contributed by atoms with Crippen molar-refractivity contribution in [2.75, 3.05) is 0 Å². The second kappa shape index (κ2) is 5.34. The molecule has 4 nitrogen and oxygen atoms in total. The van der Waals surface area contributed by atoms with Crippen molar-refractivity contribution >= 4 is 0 Å². The molecule has 0 radical (unpaired) electrons. The van der Waals surface area contributed by atoms with Gasteiger partial charge in [0.2, 0.25) is 0 Å². The Morgan fingerprint density at radius 3 is 3.06 bits per heavy atom. The fourth-order valence-electron chi connectivity index (χ4n) is 2.15. The Morgan fingerprint density at radius 2 is 2.31 bits per heavy atom. The first-order chi connectivity index (χ1) is 7.79. The third kappa shape index (κ3) is 2.76. The van der Waals surface area contributed by atoms with Gasteiger partial charge in [0, 0.05) is 6.54 Å². The summed E-state index contributed by atoms with van der Waals surface area (Å²) < 4.78 is 7.64. The lowest BCUT2D eigenvalue weighted by Crippen LogP contribution is -2.34. The number of nitrogens with zero attached hydrogens (tertiary/aromatic N) is 2. The maximum absolute atomic E-state index is 9.79.